The molecule has 1 N–H and O–H groups in total. The first-order valence-electron chi connectivity index (χ1n) is 5.83. The number of aromatic nitrogens is 1. The largest absolute Gasteiger partial charge is 0.243 e. The Morgan fingerprint density at radius 1 is 1.05 bits per heavy atom. The van der Waals surface area contributed by atoms with Crippen LogP contribution >= 0.6 is 23.2 Å². The molecule has 2 aromatic rings. The third kappa shape index (κ3) is 4.18. The Morgan fingerprint density at radius 3 is 2.35 bits per heavy atom. The van der Waals surface area contributed by atoms with Gasteiger partial charge in [0, 0.05) is 17.8 Å². The Kier molecular flexibility index (Phi) is 4.99. The van der Waals surface area contributed by atoms with Gasteiger partial charge in [-0.3, -0.25) is 0 Å². The van der Waals surface area contributed by atoms with Crippen molar-refractivity contribution in [3.8, 4) is 0 Å². The lowest BCUT2D eigenvalue weighted by Crippen LogP contribution is -2.26. The lowest BCUT2D eigenvalue weighted by atomic mass is 10.2. The molecular formula is C13H12Cl2N2O2S. The second-order valence-corrected chi connectivity index (χ2v) is 6.68. The van der Waals surface area contributed by atoms with Gasteiger partial charge in [0.25, 0.3) is 0 Å². The molecule has 106 valence electrons. The lowest BCUT2D eigenvalue weighted by Gasteiger charge is -2.06. The maximum absolute atomic E-state index is 12.0. The van der Waals surface area contributed by atoms with Crippen molar-refractivity contribution < 1.29 is 8.42 Å². The average Bonchev–Trinajstić information content (AvgIpc) is 2.41. The lowest BCUT2D eigenvalue weighted by molar-refractivity contribution is 0.581. The van der Waals surface area contributed by atoms with Gasteiger partial charge in [0.15, 0.2) is 0 Å². The van der Waals surface area contributed by atoms with Crippen LogP contribution in [0.4, 0.5) is 0 Å². The second kappa shape index (κ2) is 6.54. The number of benzene rings is 1. The van der Waals surface area contributed by atoms with Gasteiger partial charge in [0.1, 0.15) is 10.0 Å². The molecule has 0 amide bonds. The molecule has 0 spiro atoms. The van der Waals surface area contributed by atoms with Crippen LogP contribution < -0.4 is 4.72 Å². The van der Waals surface area contributed by atoms with Gasteiger partial charge in [-0.2, -0.15) is 0 Å². The summed E-state index contributed by atoms with van der Waals surface area (Å²) >= 11 is 11.4. The number of pyridine rings is 1. The fraction of sp³-hybridized carbons (Fsp3) is 0.154. The summed E-state index contributed by atoms with van der Waals surface area (Å²) in [5, 5.41) is 0.909. The van der Waals surface area contributed by atoms with Crippen LogP contribution in [-0.2, 0) is 16.4 Å². The topological polar surface area (TPSA) is 59.1 Å². The third-order valence-corrected chi connectivity index (χ3v) is 4.55. The van der Waals surface area contributed by atoms with Gasteiger partial charge in [0.2, 0.25) is 10.0 Å². The van der Waals surface area contributed by atoms with Crippen LogP contribution in [0.25, 0.3) is 0 Å². The van der Waals surface area contributed by atoms with Crippen LogP contribution in [0, 0.1) is 0 Å². The highest BCUT2D eigenvalue weighted by Gasteiger charge is 2.13. The molecule has 4 nitrogen and oxygen atoms in total. The molecule has 0 aliphatic heterocycles. The zero-order valence-corrected chi connectivity index (χ0v) is 12.7. The zero-order chi connectivity index (χ0) is 14.6. The van der Waals surface area contributed by atoms with Gasteiger partial charge >= 0.3 is 0 Å². The number of halogens is 2. The Bertz CT molecular complexity index is 671. The molecule has 0 unspecified atom stereocenters. The summed E-state index contributed by atoms with van der Waals surface area (Å²) in [4.78, 5) is 3.85. The van der Waals surface area contributed by atoms with Gasteiger partial charge in [-0.05, 0) is 36.2 Å². The standard InChI is InChI=1S/C13H12Cl2N2O2S/c14-11-3-1-10(2-4-11)7-8-17-20(18,19)12-5-6-13(15)16-9-12/h1-6,9,17H,7-8H2. The van der Waals surface area contributed by atoms with Gasteiger partial charge in [-0.1, -0.05) is 35.3 Å². The molecule has 0 saturated heterocycles. The molecule has 1 aromatic carbocycles. The fourth-order valence-corrected chi connectivity index (χ4v) is 2.80. The van der Waals surface area contributed by atoms with Crippen molar-refractivity contribution in [3.05, 3.63) is 58.3 Å². The summed E-state index contributed by atoms with van der Waals surface area (Å²) < 4.78 is 26.5. The van der Waals surface area contributed by atoms with E-state index in [1.807, 2.05) is 12.1 Å². The summed E-state index contributed by atoms with van der Waals surface area (Å²) in [5.74, 6) is 0. The van der Waals surface area contributed by atoms with Gasteiger partial charge in [-0.15, -0.1) is 0 Å². The van der Waals surface area contributed by atoms with Crippen LogP contribution in [-0.4, -0.2) is 19.9 Å². The fourth-order valence-electron chi connectivity index (χ4n) is 1.59. The molecule has 0 saturated carbocycles. The number of hydrogen-bond donors (Lipinski definition) is 1. The van der Waals surface area contributed by atoms with E-state index in [-0.39, 0.29) is 10.0 Å². The maximum atomic E-state index is 12.0. The van der Waals surface area contributed by atoms with E-state index >= 15 is 0 Å². The van der Waals surface area contributed by atoms with E-state index in [4.69, 9.17) is 23.2 Å². The van der Waals surface area contributed by atoms with Crippen molar-refractivity contribution in [2.24, 2.45) is 0 Å². The van der Waals surface area contributed by atoms with E-state index in [1.54, 1.807) is 12.1 Å². The first-order chi connectivity index (χ1) is 9.47. The molecule has 7 heteroatoms. The number of rotatable bonds is 5. The van der Waals surface area contributed by atoms with E-state index in [9.17, 15) is 8.42 Å². The van der Waals surface area contributed by atoms with Crippen molar-refractivity contribution in [3.63, 3.8) is 0 Å². The Labute approximate surface area is 127 Å². The van der Waals surface area contributed by atoms with E-state index in [2.05, 4.69) is 9.71 Å². The predicted octanol–water partition coefficient (Wildman–Crippen LogP) is 2.91. The van der Waals surface area contributed by atoms with E-state index in [0.29, 0.717) is 18.0 Å². The maximum Gasteiger partial charge on any atom is 0.242 e. The molecule has 1 heterocycles. The van der Waals surface area contributed by atoms with Crippen LogP contribution in [0.5, 0.6) is 0 Å². The first kappa shape index (κ1) is 15.3. The monoisotopic (exact) mass is 330 g/mol. The van der Waals surface area contributed by atoms with Crippen molar-refractivity contribution in [2.75, 3.05) is 6.54 Å². The second-order valence-electron chi connectivity index (χ2n) is 4.09. The van der Waals surface area contributed by atoms with Crippen LogP contribution in [0.3, 0.4) is 0 Å². The molecule has 0 radical (unpaired) electrons. The molecular weight excluding hydrogens is 319 g/mol. The summed E-state index contributed by atoms with van der Waals surface area (Å²) in [6.07, 6.45) is 1.81. The van der Waals surface area contributed by atoms with Gasteiger partial charge < -0.3 is 0 Å². The first-order valence-corrected chi connectivity index (χ1v) is 8.07. The summed E-state index contributed by atoms with van der Waals surface area (Å²) in [7, 11) is -3.55. The van der Waals surface area contributed by atoms with Crippen molar-refractivity contribution >= 4 is 33.2 Å². The quantitative estimate of drug-likeness (QED) is 0.857. The number of nitrogens with zero attached hydrogens (tertiary/aromatic N) is 1. The molecule has 2 rings (SSSR count). The van der Waals surface area contributed by atoms with E-state index in [0.717, 1.165) is 5.56 Å². The number of hydrogen-bond acceptors (Lipinski definition) is 3. The summed E-state index contributed by atoms with van der Waals surface area (Å²) in [5.41, 5.74) is 1.01. The van der Waals surface area contributed by atoms with Gasteiger partial charge in [-0.25, -0.2) is 18.1 Å². The highest BCUT2D eigenvalue weighted by atomic mass is 35.5. The highest BCUT2D eigenvalue weighted by Crippen LogP contribution is 2.12. The minimum Gasteiger partial charge on any atom is -0.243 e. The Morgan fingerprint density at radius 2 is 1.75 bits per heavy atom. The van der Waals surface area contributed by atoms with Gasteiger partial charge in [0.05, 0.1) is 0 Å². The molecule has 0 aliphatic rings. The zero-order valence-electron chi connectivity index (χ0n) is 10.4. The Hall–Kier alpha value is -1.14. The third-order valence-electron chi connectivity index (χ3n) is 2.63. The van der Waals surface area contributed by atoms with Crippen molar-refractivity contribution in [1.29, 1.82) is 0 Å². The van der Waals surface area contributed by atoms with Crippen LogP contribution in [0.2, 0.25) is 10.2 Å². The molecule has 0 atom stereocenters. The molecule has 20 heavy (non-hydrogen) atoms. The molecule has 0 fully saturated rings. The van der Waals surface area contributed by atoms with E-state index < -0.39 is 10.0 Å². The number of nitrogens with one attached hydrogen (secondary N) is 1. The number of sulfonamides is 1. The average molecular weight is 331 g/mol. The predicted molar refractivity (Wildman–Crippen MR) is 79.6 cm³/mol. The molecule has 0 bridgehead atoms. The van der Waals surface area contributed by atoms with Crippen LogP contribution in [0.1, 0.15) is 5.56 Å². The van der Waals surface area contributed by atoms with Crippen molar-refractivity contribution in [2.45, 2.75) is 11.3 Å². The SMILES string of the molecule is O=S(=O)(NCCc1ccc(Cl)cc1)c1ccc(Cl)nc1. The molecule has 0 aliphatic carbocycles. The summed E-state index contributed by atoms with van der Waals surface area (Å²) in [6.45, 7) is 0.298. The van der Waals surface area contributed by atoms with E-state index in [1.165, 1.54) is 18.3 Å². The smallest absolute Gasteiger partial charge is 0.242 e. The van der Waals surface area contributed by atoms with Crippen LogP contribution in [0.15, 0.2) is 47.5 Å². The van der Waals surface area contributed by atoms with Crippen molar-refractivity contribution in [1.82, 2.24) is 9.71 Å². The molecule has 1 aromatic heterocycles. The Balaban J connectivity index is 1.96. The minimum atomic E-state index is -3.55. The minimum absolute atomic E-state index is 0.0954. The highest BCUT2D eigenvalue weighted by molar-refractivity contribution is 7.89. The summed E-state index contributed by atoms with van der Waals surface area (Å²) in [6, 6.07) is 10.1. The normalized spacial score (nSPS) is 11.5.